The molecule has 0 radical (unpaired) electrons. The summed E-state index contributed by atoms with van der Waals surface area (Å²) in [6, 6.07) is 12.6. The molecule has 0 saturated carbocycles. The van der Waals surface area contributed by atoms with Crippen molar-refractivity contribution in [3.63, 3.8) is 0 Å². The smallest absolute Gasteiger partial charge is 0.331 e. The van der Waals surface area contributed by atoms with Crippen LogP contribution >= 0.6 is 11.6 Å². The lowest BCUT2D eigenvalue weighted by Gasteiger charge is -2.11. The van der Waals surface area contributed by atoms with E-state index in [2.05, 4.69) is 5.16 Å². The molecule has 0 bridgehead atoms. The highest BCUT2D eigenvalue weighted by atomic mass is 35.5. The highest BCUT2D eigenvalue weighted by molar-refractivity contribution is 6.30. The lowest BCUT2D eigenvalue weighted by atomic mass is 10.2. The molecule has 30 heavy (non-hydrogen) atoms. The zero-order chi connectivity index (χ0) is 21.5. The number of ether oxygens (including phenoxy) is 3. The monoisotopic (exact) mass is 427 g/mol. The molecule has 0 aliphatic rings. The minimum absolute atomic E-state index is 0.154. The third kappa shape index (κ3) is 5.64. The van der Waals surface area contributed by atoms with E-state index in [1.165, 1.54) is 6.08 Å². The highest BCUT2D eigenvalue weighted by Crippen LogP contribution is 2.30. The number of carbonyl (C=O) groups excluding carboxylic acids is 1. The third-order valence-corrected chi connectivity index (χ3v) is 4.66. The first kappa shape index (κ1) is 21.5. The Labute approximate surface area is 180 Å². The van der Waals surface area contributed by atoms with Gasteiger partial charge in [-0.25, -0.2) is 4.79 Å². The van der Waals surface area contributed by atoms with Crippen LogP contribution in [0, 0.1) is 13.8 Å². The molecule has 3 rings (SSSR count). The summed E-state index contributed by atoms with van der Waals surface area (Å²) in [6.45, 7) is 4.19. The van der Waals surface area contributed by atoms with Gasteiger partial charge in [0.2, 0.25) is 0 Å². The average molecular weight is 428 g/mol. The minimum Gasteiger partial charge on any atom is -0.493 e. The molecule has 0 saturated heterocycles. The Morgan fingerprint density at radius 3 is 2.67 bits per heavy atom. The number of hydrogen-bond acceptors (Lipinski definition) is 6. The van der Waals surface area contributed by atoms with Crippen LogP contribution in [0.4, 0.5) is 0 Å². The van der Waals surface area contributed by atoms with Crippen molar-refractivity contribution in [1.82, 2.24) is 5.16 Å². The predicted octanol–water partition coefficient (Wildman–Crippen LogP) is 5.29. The Balaban J connectivity index is 1.60. The molecular weight excluding hydrogens is 406 g/mol. The molecule has 0 unspecified atom stereocenters. The summed E-state index contributed by atoms with van der Waals surface area (Å²) < 4.78 is 21.7. The van der Waals surface area contributed by atoms with Gasteiger partial charge in [0.05, 0.1) is 18.4 Å². The molecule has 0 fully saturated rings. The van der Waals surface area contributed by atoms with Crippen molar-refractivity contribution in [3.8, 4) is 11.5 Å². The maximum atomic E-state index is 12.0. The van der Waals surface area contributed by atoms with Gasteiger partial charge in [0, 0.05) is 11.1 Å². The largest absolute Gasteiger partial charge is 0.493 e. The van der Waals surface area contributed by atoms with Crippen molar-refractivity contribution in [1.29, 1.82) is 0 Å². The van der Waals surface area contributed by atoms with Crippen molar-refractivity contribution in [2.45, 2.75) is 27.1 Å². The first-order chi connectivity index (χ1) is 14.5. The van der Waals surface area contributed by atoms with Gasteiger partial charge in [-0.15, -0.1) is 0 Å². The van der Waals surface area contributed by atoms with Crippen LogP contribution in [0.2, 0.25) is 5.02 Å². The second-order valence-corrected chi connectivity index (χ2v) is 7.01. The van der Waals surface area contributed by atoms with Gasteiger partial charge in [-0.3, -0.25) is 0 Å². The van der Waals surface area contributed by atoms with Crippen molar-refractivity contribution in [2.75, 3.05) is 7.11 Å². The number of aryl methyl sites for hydroxylation is 2. The second kappa shape index (κ2) is 9.98. The number of nitrogens with zero attached hydrogens (tertiary/aromatic N) is 1. The van der Waals surface area contributed by atoms with E-state index in [0.717, 1.165) is 28.1 Å². The van der Waals surface area contributed by atoms with E-state index in [-0.39, 0.29) is 6.61 Å². The fourth-order valence-corrected chi connectivity index (χ4v) is 2.97. The summed E-state index contributed by atoms with van der Waals surface area (Å²) in [5.74, 6) is 1.41. The Morgan fingerprint density at radius 1 is 1.13 bits per heavy atom. The van der Waals surface area contributed by atoms with Crippen LogP contribution in [0.25, 0.3) is 6.08 Å². The SMILES string of the molecule is COc1cc(/C=C/C(=O)OCc2cccc(Cl)c2)ccc1OCc1c(C)noc1C. The number of aromatic nitrogens is 1. The van der Waals surface area contributed by atoms with Crippen molar-refractivity contribution in [3.05, 3.63) is 81.7 Å². The third-order valence-electron chi connectivity index (χ3n) is 4.42. The van der Waals surface area contributed by atoms with Gasteiger partial charge in [-0.05, 0) is 55.3 Å². The number of methoxy groups -OCH3 is 1. The van der Waals surface area contributed by atoms with Crippen molar-refractivity contribution in [2.24, 2.45) is 0 Å². The van der Waals surface area contributed by atoms with E-state index in [4.69, 9.17) is 30.3 Å². The molecule has 1 aromatic heterocycles. The number of benzene rings is 2. The van der Waals surface area contributed by atoms with Crippen LogP contribution in [-0.4, -0.2) is 18.2 Å². The number of rotatable bonds is 8. The Morgan fingerprint density at radius 2 is 1.97 bits per heavy atom. The number of carbonyl (C=O) groups is 1. The molecule has 0 atom stereocenters. The molecule has 0 amide bonds. The van der Waals surface area contributed by atoms with Crippen LogP contribution in [-0.2, 0) is 22.7 Å². The van der Waals surface area contributed by atoms with E-state index < -0.39 is 5.97 Å². The van der Waals surface area contributed by atoms with E-state index in [0.29, 0.717) is 23.1 Å². The summed E-state index contributed by atoms with van der Waals surface area (Å²) in [5.41, 5.74) is 3.30. The van der Waals surface area contributed by atoms with Gasteiger partial charge in [-0.1, -0.05) is 35.0 Å². The molecule has 7 heteroatoms. The first-order valence-electron chi connectivity index (χ1n) is 9.28. The molecular formula is C23H22ClNO5. The second-order valence-electron chi connectivity index (χ2n) is 6.57. The number of halogens is 1. The molecule has 6 nitrogen and oxygen atoms in total. The van der Waals surface area contributed by atoms with Gasteiger partial charge in [-0.2, -0.15) is 0 Å². The summed E-state index contributed by atoms with van der Waals surface area (Å²) in [6.07, 6.45) is 3.02. The van der Waals surface area contributed by atoms with E-state index in [1.807, 2.05) is 32.0 Å². The fraction of sp³-hybridized carbons (Fsp3) is 0.217. The average Bonchev–Trinajstić information content (AvgIpc) is 3.07. The summed E-state index contributed by atoms with van der Waals surface area (Å²) in [7, 11) is 1.56. The van der Waals surface area contributed by atoms with Gasteiger partial charge in [0.1, 0.15) is 19.0 Å². The van der Waals surface area contributed by atoms with Crippen LogP contribution in [0.1, 0.15) is 28.1 Å². The molecule has 0 aliphatic heterocycles. The van der Waals surface area contributed by atoms with Gasteiger partial charge >= 0.3 is 5.97 Å². The zero-order valence-electron chi connectivity index (χ0n) is 17.0. The van der Waals surface area contributed by atoms with Gasteiger partial charge < -0.3 is 18.7 Å². The predicted molar refractivity (Wildman–Crippen MR) is 114 cm³/mol. The Bertz CT molecular complexity index is 1040. The molecule has 0 spiro atoms. The molecule has 0 aliphatic carbocycles. The van der Waals surface area contributed by atoms with Crippen LogP contribution in [0.3, 0.4) is 0 Å². The standard InChI is InChI=1S/C23H22ClNO5/c1-15-20(16(2)30-25-15)14-28-21-9-7-17(12-22(21)27-3)8-10-23(26)29-13-18-5-4-6-19(24)11-18/h4-12H,13-14H2,1-3H3/b10-8+. The fourth-order valence-electron chi connectivity index (χ4n) is 2.76. The summed E-state index contributed by atoms with van der Waals surface area (Å²) in [4.78, 5) is 12.0. The molecule has 1 heterocycles. The van der Waals surface area contributed by atoms with Crippen LogP contribution in [0.15, 0.2) is 53.1 Å². The molecule has 156 valence electrons. The molecule has 2 aromatic carbocycles. The van der Waals surface area contributed by atoms with Gasteiger partial charge in [0.25, 0.3) is 0 Å². The summed E-state index contributed by atoms with van der Waals surface area (Å²) >= 11 is 5.93. The number of hydrogen-bond donors (Lipinski definition) is 0. The maximum Gasteiger partial charge on any atom is 0.331 e. The molecule has 3 aromatic rings. The van der Waals surface area contributed by atoms with Crippen molar-refractivity contribution < 1.29 is 23.5 Å². The van der Waals surface area contributed by atoms with Gasteiger partial charge in [0.15, 0.2) is 11.5 Å². The van der Waals surface area contributed by atoms with Crippen LogP contribution in [0.5, 0.6) is 11.5 Å². The quantitative estimate of drug-likeness (QED) is 0.359. The number of esters is 1. The highest BCUT2D eigenvalue weighted by Gasteiger charge is 2.12. The summed E-state index contributed by atoms with van der Waals surface area (Å²) in [5, 5.41) is 4.52. The lowest BCUT2D eigenvalue weighted by molar-refractivity contribution is -0.138. The first-order valence-corrected chi connectivity index (χ1v) is 9.66. The van der Waals surface area contributed by atoms with E-state index in [1.54, 1.807) is 37.5 Å². The Kier molecular flexibility index (Phi) is 7.14. The zero-order valence-corrected chi connectivity index (χ0v) is 17.7. The normalized spacial score (nSPS) is 10.9. The molecule has 0 N–H and O–H groups in total. The topological polar surface area (TPSA) is 70.8 Å². The minimum atomic E-state index is -0.451. The Hall–Kier alpha value is -3.25. The van der Waals surface area contributed by atoms with E-state index >= 15 is 0 Å². The lowest BCUT2D eigenvalue weighted by Crippen LogP contribution is -2.01. The van der Waals surface area contributed by atoms with Crippen molar-refractivity contribution >= 4 is 23.6 Å². The maximum absolute atomic E-state index is 12.0. The van der Waals surface area contributed by atoms with E-state index in [9.17, 15) is 4.79 Å². The van der Waals surface area contributed by atoms with Crippen LogP contribution < -0.4 is 9.47 Å².